The van der Waals surface area contributed by atoms with Gasteiger partial charge < -0.3 is 23.7 Å². The van der Waals surface area contributed by atoms with Crippen LogP contribution in [0, 0.1) is 0 Å². The molecule has 1 unspecified atom stereocenters. The van der Waals surface area contributed by atoms with Crippen molar-refractivity contribution in [2.75, 3.05) is 26.4 Å². The van der Waals surface area contributed by atoms with Crippen molar-refractivity contribution in [1.82, 2.24) is 0 Å². The maximum atomic E-state index is 10.9. The van der Waals surface area contributed by atoms with E-state index in [0.717, 1.165) is 34.1 Å². The highest BCUT2D eigenvalue weighted by molar-refractivity contribution is 5.89. The number of carbonyl (C=O) groups excluding carboxylic acids is 1. The van der Waals surface area contributed by atoms with Crippen LogP contribution in [0.5, 0.6) is 17.2 Å². The first kappa shape index (κ1) is 22.2. The second-order valence-electron chi connectivity index (χ2n) is 6.59. The molecule has 0 saturated carbocycles. The smallest absolute Gasteiger partial charge is 0.330 e. The lowest BCUT2D eigenvalue weighted by Gasteiger charge is -2.18. The molecular formula is C25H26O6. The van der Waals surface area contributed by atoms with E-state index in [4.69, 9.17) is 23.7 Å². The van der Waals surface area contributed by atoms with E-state index in [1.165, 1.54) is 0 Å². The van der Waals surface area contributed by atoms with Gasteiger partial charge in [0.2, 0.25) is 6.29 Å². The standard InChI is InChI=1S/C25H26O6/c1-3-25(26)29-17-15-27-14-16-28-22-12-13-23-20(18-22)8-7-11-24(23)31-19(2)30-21-9-5-4-6-10-21/h3-13,18-19H,1,14-17H2,2H3. The summed E-state index contributed by atoms with van der Waals surface area (Å²) in [4.78, 5) is 10.9. The lowest BCUT2D eigenvalue weighted by atomic mass is 10.1. The Labute approximate surface area is 181 Å². The molecule has 0 heterocycles. The van der Waals surface area contributed by atoms with Crippen LogP contribution in [0.15, 0.2) is 79.4 Å². The minimum atomic E-state index is -0.458. The quantitative estimate of drug-likeness (QED) is 0.181. The number of esters is 1. The van der Waals surface area contributed by atoms with Gasteiger partial charge in [-0.25, -0.2) is 4.79 Å². The van der Waals surface area contributed by atoms with Crippen LogP contribution < -0.4 is 14.2 Å². The van der Waals surface area contributed by atoms with Crippen molar-refractivity contribution in [3.8, 4) is 17.2 Å². The van der Waals surface area contributed by atoms with Crippen LogP contribution in [0.1, 0.15) is 6.92 Å². The van der Waals surface area contributed by atoms with E-state index in [9.17, 15) is 4.79 Å². The molecule has 162 valence electrons. The number of hydrogen-bond donors (Lipinski definition) is 0. The minimum Gasteiger partial charge on any atom is -0.491 e. The fourth-order valence-electron chi connectivity index (χ4n) is 2.90. The van der Waals surface area contributed by atoms with Gasteiger partial charge in [-0.1, -0.05) is 36.9 Å². The van der Waals surface area contributed by atoms with E-state index >= 15 is 0 Å². The van der Waals surface area contributed by atoms with Gasteiger partial charge in [0.05, 0.1) is 13.2 Å². The third-order valence-electron chi connectivity index (χ3n) is 4.29. The third kappa shape index (κ3) is 7.04. The van der Waals surface area contributed by atoms with Gasteiger partial charge in [0.25, 0.3) is 0 Å². The van der Waals surface area contributed by atoms with Crippen molar-refractivity contribution < 1.29 is 28.5 Å². The van der Waals surface area contributed by atoms with Crippen molar-refractivity contribution in [3.05, 3.63) is 79.4 Å². The second kappa shape index (κ2) is 11.6. The Balaban J connectivity index is 1.50. The molecule has 0 N–H and O–H groups in total. The van der Waals surface area contributed by atoms with E-state index in [2.05, 4.69) is 6.58 Å². The van der Waals surface area contributed by atoms with Gasteiger partial charge in [0.15, 0.2) is 0 Å². The molecule has 0 saturated heterocycles. The summed E-state index contributed by atoms with van der Waals surface area (Å²) in [6, 6.07) is 21.2. The Morgan fingerprint density at radius 1 is 0.903 bits per heavy atom. The molecule has 3 aromatic rings. The molecule has 0 aliphatic heterocycles. The zero-order chi connectivity index (χ0) is 21.9. The van der Waals surface area contributed by atoms with E-state index in [1.54, 1.807) is 0 Å². The Morgan fingerprint density at radius 2 is 1.71 bits per heavy atom. The Kier molecular flexibility index (Phi) is 8.31. The van der Waals surface area contributed by atoms with Crippen LogP contribution >= 0.6 is 0 Å². The summed E-state index contributed by atoms with van der Waals surface area (Å²) in [5.74, 6) is 1.78. The molecule has 0 amide bonds. The van der Waals surface area contributed by atoms with Crippen LogP contribution in [-0.4, -0.2) is 38.7 Å². The van der Waals surface area contributed by atoms with Crippen LogP contribution in [0.4, 0.5) is 0 Å². The zero-order valence-electron chi connectivity index (χ0n) is 17.5. The summed E-state index contributed by atoms with van der Waals surface area (Å²) in [7, 11) is 0. The van der Waals surface area contributed by atoms with Gasteiger partial charge in [0.1, 0.15) is 30.5 Å². The second-order valence-corrected chi connectivity index (χ2v) is 6.59. The molecule has 0 spiro atoms. The first-order valence-corrected chi connectivity index (χ1v) is 10.1. The molecule has 0 bridgehead atoms. The van der Waals surface area contributed by atoms with E-state index < -0.39 is 12.3 Å². The van der Waals surface area contributed by atoms with Crippen LogP contribution in [0.25, 0.3) is 10.8 Å². The molecule has 0 fully saturated rings. The number of rotatable bonds is 12. The van der Waals surface area contributed by atoms with E-state index in [0.29, 0.717) is 19.8 Å². The number of benzene rings is 3. The largest absolute Gasteiger partial charge is 0.491 e. The highest BCUT2D eigenvalue weighted by Gasteiger charge is 2.09. The Hall–Kier alpha value is -3.51. The third-order valence-corrected chi connectivity index (χ3v) is 4.29. The highest BCUT2D eigenvalue weighted by atomic mass is 16.7. The molecule has 0 aromatic heterocycles. The molecule has 3 rings (SSSR count). The van der Waals surface area contributed by atoms with Crippen molar-refractivity contribution in [3.63, 3.8) is 0 Å². The summed E-state index contributed by atoms with van der Waals surface area (Å²) >= 11 is 0. The average molecular weight is 422 g/mol. The number of hydrogen-bond acceptors (Lipinski definition) is 6. The first-order chi connectivity index (χ1) is 15.2. The maximum absolute atomic E-state index is 10.9. The summed E-state index contributed by atoms with van der Waals surface area (Å²) in [5.41, 5.74) is 0. The number of para-hydroxylation sites is 1. The number of carbonyl (C=O) groups is 1. The minimum absolute atomic E-state index is 0.190. The van der Waals surface area contributed by atoms with Crippen LogP contribution in [0.3, 0.4) is 0 Å². The SMILES string of the molecule is C=CC(=O)OCCOCCOc1ccc2c(OC(C)Oc3ccccc3)cccc2c1. The van der Waals surface area contributed by atoms with Gasteiger partial charge in [-0.3, -0.25) is 0 Å². The van der Waals surface area contributed by atoms with Crippen LogP contribution in [-0.2, 0) is 14.3 Å². The highest BCUT2D eigenvalue weighted by Crippen LogP contribution is 2.29. The van der Waals surface area contributed by atoms with Crippen molar-refractivity contribution >= 4 is 16.7 Å². The molecule has 0 aliphatic carbocycles. The summed E-state index contributed by atoms with van der Waals surface area (Å²) in [5, 5.41) is 1.97. The van der Waals surface area contributed by atoms with E-state index in [1.807, 2.05) is 73.7 Å². The van der Waals surface area contributed by atoms with E-state index in [-0.39, 0.29) is 6.61 Å². The van der Waals surface area contributed by atoms with Crippen molar-refractivity contribution in [2.45, 2.75) is 13.2 Å². The zero-order valence-corrected chi connectivity index (χ0v) is 17.5. The average Bonchev–Trinajstić information content (AvgIpc) is 2.79. The molecule has 6 heteroatoms. The summed E-state index contributed by atoms with van der Waals surface area (Å²) in [6.45, 7) is 6.47. The maximum Gasteiger partial charge on any atom is 0.330 e. The molecule has 31 heavy (non-hydrogen) atoms. The summed E-state index contributed by atoms with van der Waals surface area (Å²) < 4.78 is 27.8. The first-order valence-electron chi connectivity index (χ1n) is 10.1. The Morgan fingerprint density at radius 3 is 2.52 bits per heavy atom. The lowest BCUT2D eigenvalue weighted by molar-refractivity contribution is -0.139. The normalized spacial score (nSPS) is 11.5. The summed E-state index contributed by atoms with van der Waals surface area (Å²) in [6.07, 6.45) is 0.683. The van der Waals surface area contributed by atoms with Gasteiger partial charge in [0, 0.05) is 18.4 Å². The molecular weight excluding hydrogens is 396 g/mol. The molecule has 0 radical (unpaired) electrons. The topological polar surface area (TPSA) is 63.2 Å². The van der Waals surface area contributed by atoms with Gasteiger partial charge in [-0.15, -0.1) is 0 Å². The monoisotopic (exact) mass is 422 g/mol. The molecule has 1 atom stereocenters. The number of ether oxygens (including phenoxy) is 5. The van der Waals surface area contributed by atoms with Gasteiger partial charge in [-0.2, -0.15) is 0 Å². The molecule has 6 nitrogen and oxygen atoms in total. The number of fused-ring (bicyclic) bond motifs is 1. The van der Waals surface area contributed by atoms with Crippen molar-refractivity contribution in [1.29, 1.82) is 0 Å². The fourth-order valence-corrected chi connectivity index (χ4v) is 2.90. The predicted molar refractivity (Wildman–Crippen MR) is 119 cm³/mol. The molecule has 3 aromatic carbocycles. The van der Waals surface area contributed by atoms with Crippen LogP contribution in [0.2, 0.25) is 0 Å². The molecule has 0 aliphatic rings. The van der Waals surface area contributed by atoms with Crippen molar-refractivity contribution in [2.24, 2.45) is 0 Å². The van der Waals surface area contributed by atoms with Gasteiger partial charge >= 0.3 is 5.97 Å². The van der Waals surface area contributed by atoms with Gasteiger partial charge in [-0.05, 0) is 41.8 Å². The predicted octanol–water partition coefficient (Wildman–Crippen LogP) is 4.77. The fraction of sp³-hybridized carbons (Fsp3) is 0.240. The lowest BCUT2D eigenvalue weighted by Crippen LogP contribution is -2.19. The Bertz CT molecular complexity index is 986.